The summed E-state index contributed by atoms with van der Waals surface area (Å²) in [4.78, 5) is 34.7. The molecule has 20 heavy (non-hydrogen) atoms. The van der Waals surface area contributed by atoms with Crippen molar-refractivity contribution in [3.8, 4) is 0 Å². The van der Waals surface area contributed by atoms with Gasteiger partial charge in [-0.05, 0) is 19.4 Å². The number of carbonyl (C=O) groups is 2. The predicted molar refractivity (Wildman–Crippen MR) is 72.2 cm³/mol. The minimum Gasteiger partial charge on any atom is -0.481 e. The molecule has 1 fully saturated rings. The Hall–Kier alpha value is -2.18. The first-order chi connectivity index (χ1) is 9.42. The summed E-state index contributed by atoms with van der Waals surface area (Å²) in [5.74, 6) is -0.487. The van der Waals surface area contributed by atoms with E-state index >= 15 is 0 Å². The first kappa shape index (κ1) is 14.2. The van der Waals surface area contributed by atoms with E-state index < -0.39 is 11.4 Å². The van der Waals surface area contributed by atoms with Gasteiger partial charge in [-0.15, -0.1) is 0 Å². The van der Waals surface area contributed by atoms with E-state index in [0.29, 0.717) is 18.9 Å². The molecule has 0 saturated carbocycles. The van der Waals surface area contributed by atoms with Crippen LogP contribution >= 0.6 is 0 Å². The van der Waals surface area contributed by atoms with Gasteiger partial charge in [0.25, 0.3) is 0 Å². The fourth-order valence-corrected chi connectivity index (χ4v) is 2.21. The maximum Gasteiger partial charge on any atom is 0.311 e. The summed E-state index contributed by atoms with van der Waals surface area (Å²) in [5, 5.41) is 9.16. The van der Waals surface area contributed by atoms with Crippen molar-refractivity contribution in [2.24, 2.45) is 5.41 Å². The number of anilines is 1. The van der Waals surface area contributed by atoms with Crippen molar-refractivity contribution in [3.63, 3.8) is 0 Å². The molecule has 7 nitrogen and oxygen atoms in total. The Kier molecular flexibility index (Phi) is 3.87. The van der Waals surface area contributed by atoms with Crippen LogP contribution in [0.2, 0.25) is 0 Å². The van der Waals surface area contributed by atoms with Crippen molar-refractivity contribution >= 4 is 17.8 Å². The van der Waals surface area contributed by atoms with Crippen LogP contribution in [0, 0.1) is 5.41 Å². The SMILES string of the molecule is CN(CC(=O)N1CCC(C)(C(=O)O)C1)c1ncccn1. The highest BCUT2D eigenvalue weighted by Gasteiger charge is 2.42. The molecule has 0 aromatic carbocycles. The largest absolute Gasteiger partial charge is 0.481 e. The van der Waals surface area contributed by atoms with Gasteiger partial charge in [0.05, 0.1) is 12.0 Å². The van der Waals surface area contributed by atoms with Crippen LogP contribution < -0.4 is 4.90 Å². The summed E-state index contributed by atoms with van der Waals surface area (Å²) in [5.41, 5.74) is -0.836. The number of likely N-dealkylation sites (N-methyl/N-ethyl adjacent to an activating group) is 1. The van der Waals surface area contributed by atoms with Crippen LogP contribution in [0.25, 0.3) is 0 Å². The summed E-state index contributed by atoms with van der Waals surface area (Å²) in [6.45, 7) is 2.54. The Morgan fingerprint density at radius 1 is 1.45 bits per heavy atom. The molecule has 1 saturated heterocycles. The summed E-state index contributed by atoms with van der Waals surface area (Å²) in [6.07, 6.45) is 3.71. The molecule has 1 aliphatic rings. The minimum atomic E-state index is -0.854. The molecule has 0 radical (unpaired) electrons. The van der Waals surface area contributed by atoms with Crippen LogP contribution in [0.1, 0.15) is 13.3 Å². The van der Waals surface area contributed by atoms with Crippen LogP contribution in [0.4, 0.5) is 5.95 Å². The molecule has 1 atom stereocenters. The first-order valence-electron chi connectivity index (χ1n) is 6.42. The number of carboxylic acids is 1. The fourth-order valence-electron chi connectivity index (χ4n) is 2.21. The number of amides is 1. The number of rotatable bonds is 4. The van der Waals surface area contributed by atoms with Crippen LogP contribution in [-0.4, -0.2) is 58.5 Å². The van der Waals surface area contributed by atoms with Gasteiger partial charge in [-0.2, -0.15) is 0 Å². The standard InChI is InChI=1S/C13H18N4O3/c1-13(11(19)20)4-7-17(9-13)10(18)8-16(2)12-14-5-3-6-15-12/h3,5-6H,4,7-9H2,1-2H3,(H,19,20). The number of aliphatic carboxylic acids is 1. The molecule has 2 rings (SSSR count). The third kappa shape index (κ3) is 2.87. The zero-order valence-electron chi connectivity index (χ0n) is 11.6. The molecule has 0 aliphatic carbocycles. The van der Waals surface area contributed by atoms with E-state index in [1.54, 1.807) is 42.2 Å². The number of hydrogen-bond donors (Lipinski definition) is 1. The van der Waals surface area contributed by atoms with Gasteiger partial charge in [0.2, 0.25) is 11.9 Å². The summed E-state index contributed by atoms with van der Waals surface area (Å²) in [6, 6.07) is 1.71. The van der Waals surface area contributed by atoms with Gasteiger partial charge in [0.1, 0.15) is 0 Å². The van der Waals surface area contributed by atoms with E-state index in [2.05, 4.69) is 9.97 Å². The van der Waals surface area contributed by atoms with Crippen molar-refractivity contribution in [3.05, 3.63) is 18.5 Å². The van der Waals surface area contributed by atoms with E-state index in [1.807, 2.05) is 0 Å². The lowest BCUT2D eigenvalue weighted by Gasteiger charge is -2.23. The molecule has 108 valence electrons. The molecular formula is C13H18N4O3. The van der Waals surface area contributed by atoms with Crippen LogP contribution in [-0.2, 0) is 9.59 Å². The maximum atomic E-state index is 12.2. The minimum absolute atomic E-state index is 0.107. The summed E-state index contributed by atoms with van der Waals surface area (Å²) >= 11 is 0. The Morgan fingerprint density at radius 3 is 2.65 bits per heavy atom. The Balaban J connectivity index is 1.95. The fraction of sp³-hybridized carbons (Fsp3) is 0.538. The Labute approximate surface area is 117 Å². The number of nitrogens with zero attached hydrogens (tertiary/aromatic N) is 4. The van der Waals surface area contributed by atoms with Crippen LogP contribution in [0.15, 0.2) is 18.5 Å². The molecule has 0 spiro atoms. The van der Waals surface area contributed by atoms with Gasteiger partial charge in [-0.3, -0.25) is 9.59 Å². The Bertz CT molecular complexity index is 508. The topological polar surface area (TPSA) is 86.6 Å². The average Bonchev–Trinajstić information content (AvgIpc) is 2.84. The Morgan fingerprint density at radius 2 is 2.10 bits per heavy atom. The molecule has 1 amide bonds. The molecule has 0 bridgehead atoms. The smallest absolute Gasteiger partial charge is 0.311 e. The number of likely N-dealkylation sites (tertiary alicyclic amines) is 1. The van der Waals surface area contributed by atoms with Gasteiger partial charge in [-0.25, -0.2) is 9.97 Å². The lowest BCUT2D eigenvalue weighted by molar-refractivity contribution is -0.147. The number of carboxylic acid groups (broad SMARTS) is 1. The van der Waals surface area contributed by atoms with Gasteiger partial charge in [-0.1, -0.05) is 0 Å². The predicted octanol–water partition coefficient (Wildman–Crippen LogP) is 0.236. The first-order valence-corrected chi connectivity index (χ1v) is 6.42. The zero-order chi connectivity index (χ0) is 14.8. The van der Waals surface area contributed by atoms with Gasteiger partial charge < -0.3 is 14.9 Å². The molecular weight excluding hydrogens is 260 g/mol. The van der Waals surface area contributed by atoms with Crippen molar-refractivity contribution in [2.45, 2.75) is 13.3 Å². The maximum absolute atomic E-state index is 12.2. The second-order valence-corrected chi connectivity index (χ2v) is 5.34. The number of hydrogen-bond acceptors (Lipinski definition) is 5. The van der Waals surface area contributed by atoms with Gasteiger partial charge in [0, 0.05) is 32.5 Å². The summed E-state index contributed by atoms with van der Waals surface area (Å²) in [7, 11) is 1.74. The van der Waals surface area contributed by atoms with Crippen molar-refractivity contribution in [2.75, 3.05) is 31.6 Å². The zero-order valence-corrected chi connectivity index (χ0v) is 11.6. The van der Waals surface area contributed by atoms with Gasteiger partial charge >= 0.3 is 5.97 Å². The lowest BCUT2D eigenvalue weighted by Crippen LogP contribution is -2.40. The van der Waals surface area contributed by atoms with Crippen LogP contribution in [0.3, 0.4) is 0 Å². The van der Waals surface area contributed by atoms with E-state index in [9.17, 15) is 9.59 Å². The number of carbonyl (C=O) groups excluding carboxylic acids is 1. The quantitative estimate of drug-likeness (QED) is 0.848. The van der Waals surface area contributed by atoms with E-state index in [0.717, 1.165) is 0 Å². The molecule has 1 N–H and O–H groups in total. The van der Waals surface area contributed by atoms with Crippen molar-refractivity contribution in [1.82, 2.24) is 14.9 Å². The third-order valence-electron chi connectivity index (χ3n) is 3.61. The third-order valence-corrected chi connectivity index (χ3v) is 3.61. The van der Waals surface area contributed by atoms with E-state index in [-0.39, 0.29) is 19.0 Å². The highest BCUT2D eigenvalue weighted by molar-refractivity contribution is 5.83. The summed E-state index contributed by atoms with van der Waals surface area (Å²) < 4.78 is 0. The monoisotopic (exact) mass is 278 g/mol. The second kappa shape index (κ2) is 5.44. The van der Waals surface area contributed by atoms with E-state index in [4.69, 9.17) is 5.11 Å². The molecule has 1 aliphatic heterocycles. The normalized spacial score (nSPS) is 21.8. The van der Waals surface area contributed by atoms with Gasteiger partial charge in [0.15, 0.2) is 0 Å². The molecule has 1 aromatic rings. The van der Waals surface area contributed by atoms with Crippen molar-refractivity contribution in [1.29, 1.82) is 0 Å². The van der Waals surface area contributed by atoms with E-state index in [1.165, 1.54) is 0 Å². The van der Waals surface area contributed by atoms with Crippen molar-refractivity contribution < 1.29 is 14.7 Å². The lowest BCUT2D eigenvalue weighted by atomic mass is 9.90. The highest BCUT2D eigenvalue weighted by Crippen LogP contribution is 2.30. The van der Waals surface area contributed by atoms with Crippen LogP contribution in [0.5, 0.6) is 0 Å². The highest BCUT2D eigenvalue weighted by atomic mass is 16.4. The molecule has 1 unspecified atom stereocenters. The average molecular weight is 278 g/mol. The second-order valence-electron chi connectivity index (χ2n) is 5.34. The molecule has 2 heterocycles. The molecule has 1 aromatic heterocycles. The number of aromatic nitrogens is 2. The molecule has 7 heteroatoms.